The molecule has 1 fully saturated rings. The molecule has 0 amide bonds. The van der Waals surface area contributed by atoms with E-state index in [1.54, 1.807) is 6.07 Å². The van der Waals surface area contributed by atoms with Gasteiger partial charge in [-0.15, -0.1) is 0 Å². The van der Waals surface area contributed by atoms with Gasteiger partial charge in [0.25, 0.3) is 0 Å². The van der Waals surface area contributed by atoms with Gasteiger partial charge in [0.2, 0.25) is 0 Å². The van der Waals surface area contributed by atoms with Gasteiger partial charge in [0, 0.05) is 12.0 Å². The van der Waals surface area contributed by atoms with Crippen molar-refractivity contribution < 1.29 is 4.79 Å². The first-order chi connectivity index (χ1) is 9.79. The van der Waals surface area contributed by atoms with Gasteiger partial charge in [-0.05, 0) is 38.3 Å². The Morgan fingerprint density at radius 3 is 3.00 bits per heavy atom. The Labute approximate surface area is 119 Å². The minimum absolute atomic E-state index is 0.135. The summed E-state index contributed by atoms with van der Waals surface area (Å²) >= 11 is 0. The Kier molecular flexibility index (Phi) is 3.79. The van der Waals surface area contributed by atoms with E-state index >= 15 is 0 Å². The van der Waals surface area contributed by atoms with Gasteiger partial charge in [0.05, 0.1) is 23.0 Å². The summed E-state index contributed by atoms with van der Waals surface area (Å²) in [5.41, 5.74) is 2.98. The molecule has 2 aliphatic rings. The number of hydrogen-bond donors (Lipinski definition) is 1. The molecular weight excluding hydrogens is 250 g/mol. The lowest BCUT2D eigenvalue weighted by Gasteiger charge is -2.21. The molecule has 1 saturated heterocycles. The van der Waals surface area contributed by atoms with Gasteiger partial charge >= 0.3 is 0 Å². The van der Waals surface area contributed by atoms with E-state index in [1.165, 1.54) is 19.3 Å². The van der Waals surface area contributed by atoms with Gasteiger partial charge in [-0.2, -0.15) is 5.26 Å². The van der Waals surface area contributed by atoms with Crippen molar-refractivity contribution in [2.45, 2.75) is 51.0 Å². The first-order valence-electron chi connectivity index (χ1n) is 7.50. The molecule has 0 radical (unpaired) electrons. The van der Waals surface area contributed by atoms with Crippen LogP contribution in [0.5, 0.6) is 0 Å². The molecule has 0 saturated carbocycles. The van der Waals surface area contributed by atoms with Crippen molar-refractivity contribution in [3.63, 3.8) is 0 Å². The van der Waals surface area contributed by atoms with Gasteiger partial charge < -0.3 is 5.32 Å². The van der Waals surface area contributed by atoms with E-state index in [0.717, 1.165) is 37.2 Å². The van der Waals surface area contributed by atoms with Gasteiger partial charge in [-0.1, -0.05) is 12.8 Å². The van der Waals surface area contributed by atoms with Crippen LogP contribution in [0.25, 0.3) is 0 Å². The molecule has 104 valence electrons. The van der Waals surface area contributed by atoms with Crippen molar-refractivity contribution in [1.29, 1.82) is 5.26 Å². The zero-order chi connectivity index (χ0) is 13.9. The Morgan fingerprint density at radius 2 is 2.15 bits per heavy atom. The molecule has 1 aromatic heterocycles. The number of nitrogens with zero attached hydrogens (tertiary/aromatic N) is 2. The number of Topliss-reactive ketones (excluding diaryl/α,β-unsaturated/α-hetero) is 1. The maximum Gasteiger partial charge on any atom is 0.164 e. The van der Waals surface area contributed by atoms with Gasteiger partial charge in [0.1, 0.15) is 6.07 Å². The number of nitrogens with one attached hydrogen (secondary N) is 1. The lowest BCUT2D eigenvalue weighted by molar-refractivity contribution is 0.0971. The average molecular weight is 269 g/mol. The summed E-state index contributed by atoms with van der Waals surface area (Å²) in [6.07, 6.45) is 6.92. The Hall–Kier alpha value is -1.73. The van der Waals surface area contributed by atoms with Crippen molar-refractivity contribution in [1.82, 2.24) is 10.3 Å². The Balaban J connectivity index is 2.01. The third-order valence-corrected chi connectivity index (χ3v) is 4.26. The van der Waals surface area contributed by atoms with E-state index in [1.807, 2.05) is 0 Å². The highest BCUT2D eigenvalue weighted by Crippen LogP contribution is 2.28. The smallest absolute Gasteiger partial charge is 0.164 e. The van der Waals surface area contributed by atoms with Gasteiger partial charge in [0.15, 0.2) is 5.78 Å². The fourth-order valence-corrected chi connectivity index (χ4v) is 3.17. The van der Waals surface area contributed by atoms with E-state index in [-0.39, 0.29) is 11.8 Å². The van der Waals surface area contributed by atoms with E-state index in [4.69, 9.17) is 4.98 Å². The lowest BCUT2D eigenvalue weighted by Crippen LogP contribution is -2.24. The highest BCUT2D eigenvalue weighted by molar-refractivity contribution is 5.98. The predicted molar refractivity (Wildman–Crippen MR) is 75.4 cm³/mol. The monoisotopic (exact) mass is 269 g/mol. The molecule has 0 bridgehead atoms. The standard InChI is InChI=1S/C16H19N3O/c17-10-11-9-12-13(6-4-7-15(12)20)19-16(11)14-5-2-1-3-8-18-14/h9,14,18H,1-8H2. The van der Waals surface area contributed by atoms with Crippen LogP contribution in [0.15, 0.2) is 6.07 Å². The Morgan fingerprint density at radius 1 is 1.25 bits per heavy atom. The van der Waals surface area contributed by atoms with Gasteiger partial charge in [-0.3, -0.25) is 9.78 Å². The molecule has 1 aliphatic carbocycles. The molecule has 1 atom stereocenters. The fourth-order valence-electron chi connectivity index (χ4n) is 3.17. The molecule has 4 heteroatoms. The first-order valence-corrected chi connectivity index (χ1v) is 7.50. The van der Waals surface area contributed by atoms with Crippen molar-refractivity contribution in [3.8, 4) is 6.07 Å². The molecule has 3 rings (SSSR count). The molecule has 1 unspecified atom stereocenters. The van der Waals surface area contributed by atoms with E-state index in [2.05, 4.69) is 11.4 Å². The molecule has 1 aromatic rings. The van der Waals surface area contributed by atoms with E-state index in [0.29, 0.717) is 17.5 Å². The first kappa shape index (κ1) is 13.3. The maximum absolute atomic E-state index is 11.9. The van der Waals surface area contributed by atoms with Crippen molar-refractivity contribution in [3.05, 3.63) is 28.6 Å². The van der Waals surface area contributed by atoms with E-state index < -0.39 is 0 Å². The topological polar surface area (TPSA) is 65.8 Å². The van der Waals surface area contributed by atoms with Crippen LogP contribution in [0.4, 0.5) is 0 Å². The maximum atomic E-state index is 11.9. The highest BCUT2D eigenvalue weighted by atomic mass is 16.1. The molecule has 1 N–H and O–H groups in total. The second kappa shape index (κ2) is 5.72. The van der Waals surface area contributed by atoms with Crippen molar-refractivity contribution in [2.75, 3.05) is 6.54 Å². The number of rotatable bonds is 1. The van der Waals surface area contributed by atoms with Crippen LogP contribution in [0.3, 0.4) is 0 Å². The normalized spacial score (nSPS) is 22.8. The SMILES string of the molecule is N#Cc1cc2c(nc1C1CCCCCN1)CCCC2=O. The van der Waals surface area contributed by atoms with Crippen LogP contribution in [0.1, 0.15) is 71.9 Å². The number of ketones is 1. The van der Waals surface area contributed by atoms with E-state index in [9.17, 15) is 10.1 Å². The fraction of sp³-hybridized carbons (Fsp3) is 0.562. The lowest BCUT2D eigenvalue weighted by atomic mass is 9.91. The second-order valence-electron chi connectivity index (χ2n) is 5.66. The summed E-state index contributed by atoms with van der Waals surface area (Å²) in [6, 6.07) is 4.16. The van der Waals surface area contributed by atoms with Crippen LogP contribution in [-0.2, 0) is 6.42 Å². The summed E-state index contributed by atoms with van der Waals surface area (Å²) in [5.74, 6) is 0.135. The summed E-state index contributed by atoms with van der Waals surface area (Å²) < 4.78 is 0. The van der Waals surface area contributed by atoms with Crippen LogP contribution in [0, 0.1) is 11.3 Å². The minimum atomic E-state index is 0.135. The number of carbonyl (C=O) groups is 1. The highest BCUT2D eigenvalue weighted by Gasteiger charge is 2.25. The van der Waals surface area contributed by atoms with Crippen LogP contribution < -0.4 is 5.32 Å². The third kappa shape index (κ3) is 2.46. The van der Waals surface area contributed by atoms with Gasteiger partial charge in [-0.25, -0.2) is 0 Å². The summed E-state index contributed by atoms with van der Waals surface area (Å²) in [5, 5.41) is 12.9. The molecule has 2 heterocycles. The summed E-state index contributed by atoms with van der Waals surface area (Å²) in [6.45, 7) is 0.979. The molecule has 20 heavy (non-hydrogen) atoms. The zero-order valence-corrected chi connectivity index (χ0v) is 11.6. The third-order valence-electron chi connectivity index (χ3n) is 4.26. The quantitative estimate of drug-likeness (QED) is 0.851. The summed E-state index contributed by atoms with van der Waals surface area (Å²) in [4.78, 5) is 16.6. The Bertz CT molecular complexity index is 566. The minimum Gasteiger partial charge on any atom is -0.309 e. The van der Waals surface area contributed by atoms with Crippen molar-refractivity contribution >= 4 is 5.78 Å². The number of pyridine rings is 1. The van der Waals surface area contributed by atoms with Crippen LogP contribution >= 0.6 is 0 Å². The number of aromatic nitrogens is 1. The number of nitriles is 1. The number of hydrogen-bond acceptors (Lipinski definition) is 4. The van der Waals surface area contributed by atoms with Crippen LogP contribution in [0.2, 0.25) is 0 Å². The predicted octanol–water partition coefficient (Wildman–Crippen LogP) is 2.68. The van der Waals surface area contributed by atoms with Crippen molar-refractivity contribution in [2.24, 2.45) is 0 Å². The zero-order valence-electron chi connectivity index (χ0n) is 11.6. The molecule has 4 nitrogen and oxygen atoms in total. The number of carbonyl (C=O) groups excluding carboxylic acids is 1. The summed E-state index contributed by atoms with van der Waals surface area (Å²) in [7, 11) is 0. The van der Waals surface area contributed by atoms with Crippen LogP contribution in [-0.4, -0.2) is 17.3 Å². The second-order valence-corrected chi connectivity index (χ2v) is 5.66. The largest absolute Gasteiger partial charge is 0.309 e. The number of aryl methyl sites for hydroxylation is 1. The number of fused-ring (bicyclic) bond motifs is 1. The molecular formula is C16H19N3O. The molecule has 0 aromatic carbocycles. The molecule has 1 aliphatic heterocycles. The molecule has 0 spiro atoms. The average Bonchev–Trinajstić information content (AvgIpc) is 2.75.